The second kappa shape index (κ2) is 4.41. The Morgan fingerprint density at radius 2 is 1.65 bits per heavy atom. The van der Waals surface area contributed by atoms with Crippen molar-refractivity contribution in [3.63, 3.8) is 0 Å². The number of hydrogen-bond acceptors (Lipinski definition) is 2. The summed E-state index contributed by atoms with van der Waals surface area (Å²) >= 11 is 5.85. The Bertz CT molecular complexity index is 498. The lowest BCUT2D eigenvalue weighted by atomic mass is 10.2. The minimum Gasteiger partial charge on any atom is -0.372 e. The third-order valence-corrected chi connectivity index (χ3v) is 3.33. The fraction of sp³-hybridized carbons (Fsp3) is 0.308. The van der Waals surface area contributed by atoms with Crippen LogP contribution in [0, 0.1) is 0 Å². The Balaban J connectivity index is 1.84. The normalized spacial score (nSPS) is 15.5. The average molecular weight is 248 g/mol. The molecule has 0 bridgehead atoms. The minimum atomic E-state index is 0.661. The highest BCUT2D eigenvalue weighted by molar-refractivity contribution is 6.30. The van der Waals surface area contributed by atoms with Gasteiger partial charge >= 0.3 is 0 Å². The van der Waals surface area contributed by atoms with Gasteiger partial charge in [0, 0.05) is 25.0 Å². The smallest absolute Gasteiger partial charge is 0.0790 e. The summed E-state index contributed by atoms with van der Waals surface area (Å²) in [5.74, 6) is 0. The van der Waals surface area contributed by atoms with Crippen LogP contribution in [0.4, 0.5) is 5.69 Å². The number of benzene rings is 1. The SMILES string of the molecule is Clc1cnn(-c2ccc(N3CCCC3)cc2)c1. The molecule has 4 heteroatoms. The van der Waals surface area contributed by atoms with Crippen molar-refractivity contribution in [3.05, 3.63) is 41.7 Å². The van der Waals surface area contributed by atoms with E-state index in [-0.39, 0.29) is 0 Å². The van der Waals surface area contributed by atoms with Crippen LogP contribution in [0.2, 0.25) is 5.02 Å². The van der Waals surface area contributed by atoms with E-state index in [2.05, 4.69) is 34.3 Å². The summed E-state index contributed by atoms with van der Waals surface area (Å²) in [4.78, 5) is 2.42. The van der Waals surface area contributed by atoms with Crippen LogP contribution in [0.5, 0.6) is 0 Å². The highest BCUT2D eigenvalue weighted by Gasteiger charge is 2.11. The molecule has 1 aromatic carbocycles. The largest absolute Gasteiger partial charge is 0.372 e. The van der Waals surface area contributed by atoms with Crippen molar-refractivity contribution in [3.8, 4) is 5.69 Å². The molecule has 0 amide bonds. The van der Waals surface area contributed by atoms with Crippen LogP contribution in [0.1, 0.15) is 12.8 Å². The third kappa shape index (κ3) is 2.15. The highest BCUT2D eigenvalue weighted by Crippen LogP contribution is 2.21. The van der Waals surface area contributed by atoms with Crippen molar-refractivity contribution in [1.29, 1.82) is 0 Å². The zero-order valence-corrected chi connectivity index (χ0v) is 10.3. The standard InChI is InChI=1S/C13H14ClN3/c14-11-9-15-17(10-11)13-5-3-12(4-6-13)16-7-1-2-8-16/h3-6,9-10H,1-2,7-8H2. The summed E-state index contributed by atoms with van der Waals surface area (Å²) < 4.78 is 1.79. The average Bonchev–Trinajstić information content (AvgIpc) is 3.00. The molecule has 17 heavy (non-hydrogen) atoms. The third-order valence-electron chi connectivity index (χ3n) is 3.14. The van der Waals surface area contributed by atoms with Gasteiger partial charge in [0.05, 0.1) is 16.9 Å². The van der Waals surface area contributed by atoms with Gasteiger partial charge in [-0.15, -0.1) is 0 Å². The first-order valence-corrected chi connectivity index (χ1v) is 6.26. The number of halogens is 1. The van der Waals surface area contributed by atoms with E-state index in [1.165, 1.54) is 31.6 Å². The van der Waals surface area contributed by atoms with Crippen molar-refractivity contribution < 1.29 is 0 Å². The zero-order chi connectivity index (χ0) is 11.7. The number of rotatable bonds is 2. The van der Waals surface area contributed by atoms with Gasteiger partial charge in [-0.2, -0.15) is 5.10 Å². The van der Waals surface area contributed by atoms with E-state index in [1.807, 2.05) is 6.20 Å². The van der Waals surface area contributed by atoms with E-state index < -0.39 is 0 Å². The van der Waals surface area contributed by atoms with Gasteiger partial charge in [0.25, 0.3) is 0 Å². The molecule has 88 valence electrons. The van der Waals surface area contributed by atoms with Gasteiger partial charge in [0.1, 0.15) is 0 Å². The van der Waals surface area contributed by atoms with Gasteiger partial charge < -0.3 is 4.90 Å². The predicted molar refractivity (Wildman–Crippen MR) is 70.0 cm³/mol. The molecular weight excluding hydrogens is 234 g/mol. The van der Waals surface area contributed by atoms with E-state index in [0.717, 1.165) is 5.69 Å². The van der Waals surface area contributed by atoms with Crippen molar-refractivity contribution in [2.75, 3.05) is 18.0 Å². The summed E-state index contributed by atoms with van der Waals surface area (Å²) in [6.07, 6.45) is 6.06. The van der Waals surface area contributed by atoms with Gasteiger partial charge in [0.2, 0.25) is 0 Å². The molecule has 3 nitrogen and oxygen atoms in total. The highest BCUT2D eigenvalue weighted by atomic mass is 35.5. The van der Waals surface area contributed by atoms with E-state index in [0.29, 0.717) is 5.02 Å². The molecule has 1 fully saturated rings. The van der Waals surface area contributed by atoms with E-state index in [9.17, 15) is 0 Å². The minimum absolute atomic E-state index is 0.661. The van der Waals surface area contributed by atoms with Crippen LogP contribution in [-0.4, -0.2) is 22.9 Å². The van der Waals surface area contributed by atoms with Crippen molar-refractivity contribution in [2.24, 2.45) is 0 Å². The molecule has 1 aliphatic heterocycles. The maximum absolute atomic E-state index is 5.85. The Morgan fingerprint density at radius 3 is 2.24 bits per heavy atom. The molecular formula is C13H14ClN3. The lowest BCUT2D eigenvalue weighted by Gasteiger charge is -2.17. The lowest BCUT2D eigenvalue weighted by molar-refractivity contribution is 0.879. The van der Waals surface area contributed by atoms with Gasteiger partial charge in [-0.25, -0.2) is 4.68 Å². The summed E-state index contributed by atoms with van der Waals surface area (Å²) in [6, 6.07) is 8.46. The van der Waals surface area contributed by atoms with Crippen molar-refractivity contribution >= 4 is 17.3 Å². The summed E-state index contributed by atoms with van der Waals surface area (Å²) in [7, 11) is 0. The Kier molecular flexibility index (Phi) is 2.77. The molecule has 0 spiro atoms. The monoisotopic (exact) mass is 247 g/mol. The quantitative estimate of drug-likeness (QED) is 0.813. The summed E-state index contributed by atoms with van der Waals surface area (Å²) in [6.45, 7) is 2.35. The molecule has 3 rings (SSSR count). The molecule has 1 aromatic heterocycles. The van der Waals surface area contributed by atoms with Crippen molar-refractivity contribution in [1.82, 2.24) is 9.78 Å². The van der Waals surface area contributed by atoms with E-state index in [1.54, 1.807) is 10.9 Å². The van der Waals surface area contributed by atoms with E-state index in [4.69, 9.17) is 11.6 Å². The second-order valence-electron chi connectivity index (χ2n) is 4.31. The molecule has 0 radical (unpaired) electrons. The first kappa shape index (κ1) is 10.7. The summed E-state index contributed by atoms with van der Waals surface area (Å²) in [5, 5.41) is 4.85. The summed E-state index contributed by atoms with van der Waals surface area (Å²) in [5.41, 5.74) is 2.34. The molecule has 0 unspecified atom stereocenters. The first-order chi connectivity index (χ1) is 8.33. The zero-order valence-electron chi connectivity index (χ0n) is 9.51. The Morgan fingerprint density at radius 1 is 1.00 bits per heavy atom. The fourth-order valence-corrected chi connectivity index (χ4v) is 2.37. The van der Waals surface area contributed by atoms with Crippen LogP contribution in [0.3, 0.4) is 0 Å². The molecule has 2 heterocycles. The molecule has 0 atom stereocenters. The predicted octanol–water partition coefficient (Wildman–Crippen LogP) is 3.13. The van der Waals surface area contributed by atoms with Gasteiger partial charge in [-0.3, -0.25) is 0 Å². The van der Waals surface area contributed by atoms with Crippen LogP contribution in [-0.2, 0) is 0 Å². The number of anilines is 1. The van der Waals surface area contributed by atoms with Crippen LogP contribution in [0.25, 0.3) is 5.69 Å². The Hall–Kier alpha value is -1.48. The van der Waals surface area contributed by atoms with Crippen LogP contribution in [0.15, 0.2) is 36.7 Å². The number of aromatic nitrogens is 2. The van der Waals surface area contributed by atoms with Crippen molar-refractivity contribution in [2.45, 2.75) is 12.8 Å². The first-order valence-electron chi connectivity index (χ1n) is 5.88. The van der Waals surface area contributed by atoms with Gasteiger partial charge in [-0.05, 0) is 37.1 Å². The maximum Gasteiger partial charge on any atom is 0.0790 e. The molecule has 0 saturated carbocycles. The van der Waals surface area contributed by atoms with E-state index >= 15 is 0 Å². The fourth-order valence-electron chi connectivity index (χ4n) is 2.23. The van der Waals surface area contributed by atoms with Gasteiger partial charge in [-0.1, -0.05) is 11.6 Å². The topological polar surface area (TPSA) is 21.1 Å². The van der Waals surface area contributed by atoms with Crippen LogP contribution < -0.4 is 4.90 Å². The number of nitrogens with zero attached hydrogens (tertiary/aromatic N) is 3. The lowest BCUT2D eigenvalue weighted by Crippen LogP contribution is -2.17. The molecule has 2 aromatic rings. The van der Waals surface area contributed by atoms with Gasteiger partial charge in [0.15, 0.2) is 0 Å². The molecule has 0 N–H and O–H groups in total. The Labute approximate surface area is 106 Å². The molecule has 1 saturated heterocycles. The maximum atomic E-state index is 5.85. The second-order valence-corrected chi connectivity index (χ2v) is 4.75. The van der Waals surface area contributed by atoms with Crippen LogP contribution >= 0.6 is 11.6 Å². The molecule has 1 aliphatic rings. The molecule has 0 aliphatic carbocycles. The number of hydrogen-bond donors (Lipinski definition) is 0.